The van der Waals surface area contributed by atoms with Crippen LogP contribution in [0.2, 0.25) is 5.02 Å². The van der Waals surface area contributed by atoms with Crippen LogP contribution in [0.15, 0.2) is 18.2 Å². The van der Waals surface area contributed by atoms with Gasteiger partial charge >= 0.3 is 6.09 Å². The van der Waals surface area contributed by atoms with E-state index in [0.717, 1.165) is 16.0 Å². The van der Waals surface area contributed by atoms with Gasteiger partial charge in [0.2, 0.25) is 5.91 Å². The number of carbonyl (C=O) groups is 2. The van der Waals surface area contributed by atoms with Crippen molar-refractivity contribution in [3.63, 3.8) is 0 Å². The average Bonchev–Trinajstić information content (AvgIpc) is 2.90. The molecule has 1 heterocycles. The number of rotatable bonds is 6. The number of anilines is 1. The van der Waals surface area contributed by atoms with Crippen molar-refractivity contribution in [2.45, 2.75) is 38.8 Å². The normalized spacial score (nSPS) is 12.7. The van der Waals surface area contributed by atoms with Crippen LogP contribution < -0.4 is 10.6 Å². The number of alkyl carbamates (subject to hydrolysis) is 1. The Balaban J connectivity index is 2.07. The Labute approximate surface area is 166 Å². The predicted molar refractivity (Wildman–Crippen MR) is 109 cm³/mol. The Bertz CT molecular complexity index is 789. The van der Waals surface area contributed by atoms with Crippen LogP contribution in [0, 0.1) is 0 Å². The SMILES string of the molecule is CSCCC(NC(=O)OC(C)(C)C)C(=O)Nc1nc2ccc(Cl)cc2s1. The molecule has 1 atom stereocenters. The Morgan fingerprint density at radius 2 is 2.12 bits per heavy atom. The van der Waals surface area contributed by atoms with Crippen molar-refractivity contribution in [1.82, 2.24) is 10.3 Å². The topological polar surface area (TPSA) is 80.3 Å². The highest BCUT2D eigenvalue weighted by Gasteiger charge is 2.24. The summed E-state index contributed by atoms with van der Waals surface area (Å²) in [5, 5.41) is 6.49. The number of hydrogen-bond acceptors (Lipinski definition) is 6. The van der Waals surface area contributed by atoms with E-state index in [1.165, 1.54) is 11.3 Å². The van der Waals surface area contributed by atoms with Crippen LogP contribution >= 0.6 is 34.7 Å². The van der Waals surface area contributed by atoms with E-state index in [1.807, 2.05) is 6.26 Å². The Morgan fingerprint density at radius 3 is 2.77 bits per heavy atom. The van der Waals surface area contributed by atoms with E-state index in [0.29, 0.717) is 16.6 Å². The maximum atomic E-state index is 12.6. The molecule has 0 aliphatic heterocycles. The van der Waals surface area contributed by atoms with Crippen LogP contribution in [0.25, 0.3) is 10.2 Å². The molecule has 0 aliphatic rings. The molecule has 0 radical (unpaired) electrons. The molecule has 26 heavy (non-hydrogen) atoms. The van der Waals surface area contributed by atoms with Gasteiger partial charge in [0.05, 0.1) is 10.2 Å². The third-order valence-corrected chi connectivity index (χ3v) is 5.01. The van der Waals surface area contributed by atoms with Crippen molar-refractivity contribution >= 4 is 62.0 Å². The molecular weight excluding hydrogens is 394 g/mol. The number of fused-ring (bicyclic) bond motifs is 1. The minimum atomic E-state index is -0.701. The van der Waals surface area contributed by atoms with Crippen molar-refractivity contribution < 1.29 is 14.3 Å². The molecule has 0 fully saturated rings. The number of amides is 2. The largest absolute Gasteiger partial charge is 0.444 e. The molecule has 1 aromatic heterocycles. The number of aromatic nitrogens is 1. The standard InChI is InChI=1S/C17H22ClN3O3S2/c1-17(2,3)24-16(23)20-12(7-8-25-4)14(22)21-15-19-11-6-5-10(18)9-13(11)26-15/h5-6,9,12H,7-8H2,1-4H3,(H,20,23)(H,19,21,22). The first-order chi connectivity index (χ1) is 12.2. The lowest BCUT2D eigenvalue weighted by Crippen LogP contribution is -2.46. The van der Waals surface area contributed by atoms with Crippen molar-refractivity contribution in [2.24, 2.45) is 0 Å². The first-order valence-corrected chi connectivity index (χ1v) is 10.6. The van der Waals surface area contributed by atoms with Gasteiger partial charge < -0.3 is 15.4 Å². The first-order valence-electron chi connectivity index (χ1n) is 8.03. The third kappa shape index (κ3) is 6.34. The van der Waals surface area contributed by atoms with Gasteiger partial charge in [0, 0.05) is 5.02 Å². The molecule has 9 heteroatoms. The molecule has 2 N–H and O–H groups in total. The van der Waals surface area contributed by atoms with Gasteiger partial charge in [-0.25, -0.2) is 9.78 Å². The summed E-state index contributed by atoms with van der Waals surface area (Å²) in [6.07, 6.45) is 1.82. The van der Waals surface area contributed by atoms with Crippen LogP contribution in [-0.2, 0) is 9.53 Å². The highest BCUT2D eigenvalue weighted by atomic mass is 35.5. The van der Waals surface area contributed by atoms with Gasteiger partial charge in [-0.2, -0.15) is 11.8 Å². The zero-order valence-corrected chi connectivity index (χ0v) is 17.5. The summed E-state index contributed by atoms with van der Waals surface area (Å²) >= 11 is 8.91. The molecule has 142 valence electrons. The van der Waals surface area contributed by atoms with Crippen LogP contribution in [0.5, 0.6) is 0 Å². The second-order valence-electron chi connectivity index (χ2n) is 6.60. The Morgan fingerprint density at radius 1 is 1.38 bits per heavy atom. The summed E-state index contributed by atoms with van der Waals surface area (Å²) in [5.41, 5.74) is 0.132. The Hall–Kier alpha value is -1.51. The number of hydrogen-bond donors (Lipinski definition) is 2. The zero-order valence-electron chi connectivity index (χ0n) is 15.1. The van der Waals surface area contributed by atoms with E-state index < -0.39 is 17.7 Å². The van der Waals surface area contributed by atoms with E-state index in [1.54, 1.807) is 50.7 Å². The highest BCUT2D eigenvalue weighted by Crippen LogP contribution is 2.28. The number of carbonyl (C=O) groups excluding carboxylic acids is 2. The monoisotopic (exact) mass is 415 g/mol. The summed E-state index contributed by atoms with van der Waals surface area (Å²) < 4.78 is 6.13. The number of thiazole rings is 1. The maximum Gasteiger partial charge on any atom is 0.408 e. The molecule has 0 spiro atoms. The summed E-state index contributed by atoms with van der Waals surface area (Å²) in [6.45, 7) is 5.32. The lowest BCUT2D eigenvalue weighted by Gasteiger charge is -2.23. The van der Waals surface area contributed by atoms with Gasteiger partial charge in [0.15, 0.2) is 5.13 Å². The second-order valence-corrected chi connectivity index (χ2v) is 9.05. The molecule has 1 unspecified atom stereocenters. The van der Waals surface area contributed by atoms with Crippen molar-refractivity contribution in [2.75, 3.05) is 17.3 Å². The molecule has 2 aromatic rings. The van der Waals surface area contributed by atoms with Crippen molar-refractivity contribution in [3.05, 3.63) is 23.2 Å². The third-order valence-electron chi connectivity index (χ3n) is 3.20. The van der Waals surface area contributed by atoms with Crippen LogP contribution in [0.3, 0.4) is 0 Å². The predicted octanol–water partition coefficient (Wildman–Crippen LogP) is 4.53. The number of thioether (sulfide) groups is 1. The van der Waals surface area contributed by atoms with E-state index in [9.17, 15) is 9.59 Å². The lowest BCUT2D eigenvalue weighted by atomic mass is 10.2. The molecule has 6 nitrogen and oxygen atoms in total. The van der Waals surface area contributed by atoms with Gasteiger partial charge in [0.1, 0.15) is 11.6 Å². The maximum absolute atomic E-state index is 12.6. The number of nitrogens with one attached hydrogen (secondary N) is 2. The van der Waals surface area contributed by atoms with Crippen LogP contribution in [0.1, 0.15) is 27.2 Å². The first kappa shape index (κ1) is 20.8. The molecule has 0 saturated carbocycles. The van der Waals surface area contributed by atoms with E-state index in [2.05, 4.69) is 15.6 Å². The van der Waals surface area contributed by atoms with Gasteiger partial charge in [-0.05, 0) is 57.4 Å². The number of benzene rings is 1. The van der Waals surface area contributed by atoms with Gasteiger partial charge in [-0.15, -0.1) is 0 Å². The minimum Gasteiger partial charge on any atom is -0.444 e. The molecule has 0 aliphatic carbocycles. The van der Waals surface area contributed by atoms with Crippen LogP contribution in [0.4, 0.5) is 9.93 Å². The number of nitrogens with zero attached hydrogens (tertiary/aromatic N) is 1. The fourth-order valence-electron chi connectivity index (χ4n) is 2.10. The van der Waals surface area contributed by atoms with E-state index in [4.69, 9.17) is 16.3 Å². The van der Waals surface area contributed by atoms with Gasteiger partial charge in [-0.3, -0.25) is 4.79 Å². The van der Waals surface area contributed by atoms with Crippen molar-refractivity contribution in [3.8, 4) is 0 Å². The summed E-state index contributed by atoms with van der Waals surface area (Å²) in [7, 11) is 0. The molecular formula is C17H22ClN3O3S2. The summed E-state index contributed by atoms with van der Waals surface area (Å²) in [4.78, 5) is 29.0. The summed E-state index contributed by atoms with van der Waals surface area (Å²) in [5.74, 6) is 0.402. The summed E-state index contributed by atoms with van der Waals surface area (Å²) in [6, 6.07) is 4.65. The van der Waals surface area contributed by atoms with E-state index >= 15 is 0 Å². The minimum absolute atomic E-state index is 0.324. The molecule has 0 bridgehead atoms. The zero-order chi connectivity index (χ0) is 19.3. The van der Waals surface area contributed by atoms with Gasteiger partial charge in [-0.1, -0.05) is 22.9 Å². The molecule has 0 saturated heterocycles. The average molecular weight is 416 g/mol. The fraction of sp³-hybridized carbons (Fsp3) is 0.471. The smallest absolute Gasteiger partial charge is 0.408 e. The molecule has 2 rings (SSSR count). The van der Waals surface area contributed by atoms with Crippen molar-refractivity contribution in [1.29, 1.82) is 0 Å². The second kappa shape index (κ2) is 8.92. The van der Waals surface area contributed by atoms with E-state index in [-0.39, 0.29) is 5.91 Å². The van der Waals surface area contributed by atoms with Gasteiger partial charge in [0.25, 0.3) is 0 Å². The lowest BCUT2D eigenvalue weighted by molar-refractivity contribution is -0.118. The fourth-order valence-corrected chi connectivity index (χ4v) is 3.72. The quantitative estimate of drug-likeness (QED) is 0.724. The number of halogens is 1. The molecule has 2 amide bonds. The van der Waals surface area contributed by atoms with Crippen LogP contribution in [-0.4, -0.2) is 40.6 Å². The number of ether oxygens (including phenoxy) is 1. The Kier molecular flexibility index (Phi) is 7.14. The highest BCUT2D eigenvalue weighted by molar-refractivity contribution is 7.98. The molecule has 1 aromatic carbocycles.